The van der Waals surface area contributed by atoms with Crippen molar-refractivity contribution < 1.29 is 28.2 Å². The lowest BCUT2D eigenvalue weighted by Gasteiger charge is -2.45. The molecule has 7 heteroatoms. The van der Waals surface area contributed by atoms with E-state index in [0.29, 0.717) is 45.3 Å². The van der Waals surface area contributed by atoms with Crippen molar-refractivity contribution in [1.29, 1.82) is 0 Å². The minimum Gasteiger partial charge on any atom is -0.493 e. The number of methoxy groups -OCH3 is 4. The quantitative estimate of drug-likeness (QED) is 0.279. The number of carbonyl (C=O) groups is 1. The summed E-state index contributed by atoms with van der Waals surface area (Å²) in [4.78, 5) is 13.4. The highest BCUT2D eigenvalue weighted by Gasteiger charge is 2.41. The normalized spacial score (nSPS) is 18.8. The van der Waals surface area contributed by atoms with E-state index < -0.39 is 0 Å². The summed E-state index contributed by atoms with van der Waals surface area (Å²) >= 11 is 6.05. The molecule has 1 aliphatic heterocycles. The van der Waals surface area contributed by atoms with Crippen LogP contribution >= 0.6 is 11.6 Å². The van der Waals surface area contributed by atoms with Crippen LogP contribution in [0.15, 0.2) is 54.6 Å². The van der Waals surface area contributed by atoms with Gasteiger partial charge >= 0.3 is 0 Å². The van der Waals surface area contributed by atoms with Crippen molar-refractivity contribution in [3.05, 3.63) is 81.9 Å². The van der Waals surface area contributed by atoms with Crippen molar-refractivity contribution >= 4 is 17.4 Å². The van der Waals surface area contributed by atoms with Gasteiger partial charge in [0.1, 0.15) is 12.6 Å². The number of rotatable bonds is 9. The molecule has 0 fully saturated rings. The largest absolute Gasteiger partial charge is 0.493 e. The topological polar surface area (TPSA) is 54.0 Å². The van der Waals surface area contributed by atoms with E-state index in [-0.39, 0.29) is 11.8 Å². The number of carbonyl (C=O) groups excluding carboxylic acids is 1. The Hall–Kier alpha value is -3.22. The summed E-state index contributed by atoms with van der Waals surface area (Å²) in [6, 6.07) is 17.3. The van der Waals surface area contributed by atoms with Crippen LogP contribution in [0.25, 0.3) is 0 Å². The summed E-state index contributed by atoms with van der Waals surface area (Å²) in [7, 11) is 8.73. The number of ketones is 1. The Morgan fingerprint density at radius 2 is 1.47 bits per heavy atom. The third-order valence-electron chi connectivity index (χ3n) is 7.20. The molecule has 4 rings (SSSR count). The molecule has 0 saturated heterocycles. The molecule has 1 heterocycles. The van der Waals surface area contributed by atoms with Crippen molar-refractivity contribution in [3.8, 4) is 23.0 Å². The van der Waals surface area contributed by atoms with Gasteiger partial charge in [-0.1, -0.05) is 17.7 Å². The lowest BCUT2D eigenvalue weighted by molar-refractivity contribution is -0.933. The SMILES string of the molecule is COc1ccc(C[C@@H]2c3cc(OC)c(OC)cc3CC[N+]2(C)CC(=O)c2ccc(Cl)cc2)cc1OC. The lowest BCUT2D eigenvalue weighted by atomic mass is 9.85. The van der Waals surface area contributed by atoms with E-state index in [0.717, 1.165) is 24.3 Å². The fraction of sp³-hybridized carbons (Fsp3) is 0.345. The Morgan fingerprint density at radius 3 is 2.11 bits per heavy atom. The molecule has 1 aliphatic rings. The Morgan fingerprint density at radius 1 is 0.861 bits per heavy atom. The van der Waals surface area contributed by atoms with E-state index in [9.17, 15) is 4.79 Å². The summed E-state index contributed by atoms with van der Waals surface area (Å²) < 4.78 is 22.8. The molecule has 0 amide bonds. The van der Waals surface area contributed by atoms with Gasteiger partial charge in [0.25, 0.3) is 0 Å². The van der Waals surface area contributed by atoms with E-state index in [1.165, 1.54) is 11.1 Å². The summed E-state index contributed by atoms with van der Waals surface area (Å²) in [6.07, 6.45) is 1.55. The minimum absolute atomic E-state index is 0.0166. The Balaban J connectivity index is 1.76. The molecule has 0 N–H and O–H groups in total. The molecule has 0 bridgehead atoms. The van der Waals surface area contributed by atoms with Crippen molar-refractivity contribution in [2.24, 2.45) is 0 Å². The lowest BCUT2D eigenvalue weighted by Crippen LogP contribution is -2.54. The molecule has 0 radical (unpaired) electrons. The van der Waals surface area contributed by atoms with Crippen molar-refractivity contribution in [2.75, 3.05) is 48.6 Å². The van der Waals surface area contributed by atoms with Gasteiger partial charge in [-0.15, -0.1) is 0 Å². The van der Waals surface area contributed by atoms with Crippen molar-refractivity contribution in [1.82, 2.24) is 0 Å². The number of hydrogen-bond acceptors (Lipinski definition) is 5. The van der Waals surface area contributed by atoms with Gasteiger partial charge in [-0.05, 0) is 59.7 Å². The number of fused-ring (bicyclic) bond motifs is 1. The molecule has 2 atom stereocenters. The average Bonchev–Trinajstić information content (AvgIpc) is 2.89. The maximum Gasteiger partial charge on any atom is 0.216 e. The average molecular weight is 511 g/mol. The van der Waals surface area contributed by atoms with Crippen LogP contribution in [0.4, 0.5) is 0 Å². The zero-order chi connectivity index (χ0) is 25.9. The van der Waals surface area contributed by atoms with Crippen molar-refractivity contribution in [2.45, 2.75) is 18.9 Å². The molecule has 190 valence electrons. The highest BCUT2D eigenvalue weighted by atomic mass is 35.5. The highest BCUT2D eigenvalue weighted by molar-refractivity contribution is 6.30. The van der Waals surface area contributed by atoms with Crippen LogP contribution in [0.2, 0.25) is 5.02 Å². The minimum atomic E-state index is 0.0166. The van der Waals surface area contributed by atoms with Crippen LogP contribution in [0.1, 0.15) is 33.1 Å². The number of nitrogens with zero attached hydrogens (tertiary/aromatic N) is 1. The van der Waals surface area contributed by atoms with Gasteiger partial charge in [-0.2, -0.15) is 0 Å². The van der Waals surface area contributed by atoms with Gasteiger partial charge in [0.2, 0.25) is 5.78 Å². The van der Waals surface area contributed by atoms with Gasteiger partial charge < -0.3 is 23.4 Å². The number of benzene rings is 3. The van der Waals surface area contributed by atoms with Gasteiger partial charge in [0, 0.05) is 29.0 Å². The summed E-state index contributed by atoms with van der Waals surface area (Å²) in [6.45, 7) is 1.19. The number of Topliss-reactive ketones (excluding diaryl/α,β-unsaturated/α-hetero) is 1. The third-order valence-corrected chi connectivity index (χ3v) is 7.45. The molecule has 0 spiro atoms. The first-order chi connectivity index (χ1) is 17.3. The fourth-order valence-electron chi connectivity index (χ4n) is 5.14. The van der Waals surface area contributed by atoms with Crippen LogP contribution < -0.4 is 18.9 Å². The number of halogens is 1. The van der Waals surface area contributed by atoms with E-state index in [2.05, 4.69) is 25.2 Å². The zero-order valence-corrected chi connectivity index (χ0v) is 22.2. The molecule has 0 aliphatic carbocycles. The number of ether oxygens (including phenoxy) is 4. The first kappa shape index (κ1) is 25.9. The van der Waals surface area contributed by atoms with E-state index in [1.54, 1.807) is 52.7 Å². The Labute approximate surface area is 217 Å². The second kappa shape index (κ2) is 10.8. The maximum absolute atomic E-state index is 13.4. The predicted octanol–water partition coefficient (Wildman–Crippen LogP) is 5.54. The first-order valence-electron chi connectivity index (χ1n) is 11.9. The standard InChI is InChI=1S/C29H33ClNO5/c1-31(18-25(32)20-7-9-22(30)10-8-20)13-12-21-16-28(35-4)29(36-5)17-23(21)24(31)14-19-6-11-26(33-2)27(15-19)34-3/h6-11,15-17,24H,12-14,18H2,1-5H3/q+1/t24-,31?/m1/s1. The molecule has 0 saturated carbocycles. The van der Waals surface area contributed by atoms with Gasteiger partial charge in [0.05, 0.1) is 42.0 Å². The molecule has 0 aromatic heterocycles. The molecule has 6 nitrogen and oxygen atoms in total. The van der Waals surface area contributed by atoms with E-state index in [4.69, 9.17) is 30.5 Å². The second-order valence-corrected chi connectivity index (χ2v) is 9.79. The number of hydrogen-bond donors (Lipinski definition) is 0. The molecule has 36 heavy (non-hydrogen) atoms. The van der Waals surface area contributed by atoms with E-state index in [1.807, 2.05) is 12.1 Å². The maximum atomic E-state index is 13.4. The highest BCUT2D eigenvalue weighted by Crippen LogP contribution is 2.43. The summed E-state index contributed by atoms with van der Waals surface area (Å²) in [5.74, 6) is 2.87. The smallest absolute Gasteiger partial charge is 0.216 e. The Bertz CT molecular complexity index is 1240. The van der Waals surface area contributed by atoms with Gasteiger partial charge in [-0.25, -0.2) is 0 Å². The fourth-order valence-corrected chi connectivity index (χ4v) is 5.26. The number of likely N-dealkylation sites (N-methyl/N-ethyl adjacent to an activating group) is 1. The summed E-state index contributed by atoms with van der Waals surface area (Å²) in [5.41, 5.74) is 4.15. The second-order valence-electron chi connectivity index (χ2n) is 9.36. The molecular weight excluding hydrogens is 478 g/mol. The van der Waals surface area contributed by atoms with Crippen molar-refractivity contribution in [3.63, 3.8) is 0 Å². The Kier molecular flexibility index (Phi) is 7.76. The van der Waals surface area contributed by atoms with Gasteiger partial charge in [-0.3, -0.25) is 4.79 Å². The van der Waals surface area contributed by atoms with Crippen LogP contribution in [0.3, 0.4) is 0 Å². The zero-order valence-electron chi connectivity index (χ0n) is 21.5. The van der Waals surface area contributed by atoms with E-state index >= 15 is 0 Å². The molecule has 1 unspecified atom stereocenters. The monoisotopic (exact) mass is 510 g/mol. The molecule has 3 aromatic rings. The van der Waals surface area contributed by atoms with Crippen LogP contribution in [0.5, 0.6) is 23.0 Å². The third kappa shape index (κ3) is 5.15. The van der Waals surface area contributed by atoms with Crippen LogP contribution in [-0.4, -0.2) is 58.8 Å². The van der Waals surface area contributed by atoms with Crippen LogP contribution in [0, 0.1) is 0 Å². The predicted molar refractivity (Wildman–Crippen MR) is 141 cm³/mol. The van der Waals surface area contributed by atoms with Gasteiger partial charge in [0.15, 0.2) is 23.0 Å². The molecular formula is C29H33ClNO5+. The molecule has 3 aromatic carbocycles. The number of quaternary nitrogens is 1. The summed E-state index contributed by atoms with van der Waals surface area (Å²) in [5, 5.41) is 0.617. The van der Waals surface area contributed by atoms with Crippen LogP contribution in [-0.2, 0) is 12.8 Å². The first-order valence-corrected chi connectivity index (χ1v) is 12.3.